The molecule has 174 valence electrons. The van der Waals surface area contributed by atoms with Crippen molar-refractivity contribution >= 4 is 45.6 Å². The molecule has 0 unspecified atom stereocenters. The molecule has 3 heterocycles. The fourth-order valence-corrected chi connectivity index (χ4v) is 4.01. The van der Waals surface area contributed by atoms with Crippen LogP contribution in [0.3, 0.4) is 0 Å². The Bertz CT molecular complexity index is 1230. The van der Waals surface area contributed by atoms with Crippen LogP contribution in [0.1, 0.15) is 28.4 Å². The molecular weight excluding hydrogens is 474 g/mol. The van der Waals surface area contributed by atoms with Gasteiger partial charge in [-0.25, -0.2) is 4.98 Å². The van der Waals surface area contributed by atoms with E-state index < -0.39 is 0 Å². The number of anilines is 2. The number of furan rings is 1. The van der Waals surface area contributed by atoms with Crippen LogP contribution in [0.4, 0.5) is 10.8 Å². The second-order valence-electron chi connectivity index (χ2n) is 7.30. The van der Waals surface area contributed by atoms with Crippen molar-refractivity contribution in [2.45, 2.75) is 19.5 Å². The monoisotopic (exact) mass is 495 g/mol. The molecule has 0 aliphatic rings. The van der Waals surface area contributed by atoms with Crippen molar-refractivity contribution in [3.05, 3.63) is 94.6 Å². The Kier molecular flexibility index (Phi) is 7.90. The average Bonchev–Trinajstić information content (AvgIpc) is 3.54. The molecule has 1 aromatic carbocycles. The number of hydrogen-bond donors (Lipinski definition) is 2. The largest absolute Gasteiger partial charge is 0.467 e. The zero-order chi connectivity index (χ0) is 23.8. The summed E-state index contributed by atoms with van der Waals surface area (Å²) in [6.07, 6.45) is 3.36. The first-order chi connectivity index (χ1) is 16.6. The molecule has 0 aliphatic carbocycles. The van der Waals surface area contributed by atoms with Crippen molar-refractivity contribution in [2.75, 3.05) is 11.9 Å². The maximum absolute atomic E-state index is 13.2. The topological polar surface area (TPSA) is 100 Å². The SMILES string of the molecule is O=C(CCN(Cc1ccco1)C(=O)c1csc(Nc2ccccc2Cl)n1)NCc1ccccn1. The summed E-state index contributed by atoms with van der Waals surface area (Å²) in [4.78, 5) is 35.8. The van der Waals surface area contributed by atoms with E-state index in [2.05, 4.69) is 20.6 Å². The van der Waals surface area contributed by atoms with Crippen LogP contribution in [0.2, 0.25) is 5.02 Å². The molecule has 10 heteroatoms. The third-order valence-electron chi connectivity index (χ3n) is 4.85. The quantitative estimate of drug-likeness (QED) is 0.325. The number of hydrogen-bond acceptors (Lipinski definition) is 7. The first-order valence-corrected chi connectivity index (χ1v) is 11.8. The van der Waals surface area contributed by atoms with Crippen LogP contribution in [0, 0.1) is 0 Å². The fourth-order valence-electron chi connectivity index (χ4n) is 3.13. The predicted molar refractivity (Wildman–Crippen MR) is 131 cm³/mol. The van der Waals surface area contributed by atoms with Gasteiger partial charge in [-0.2, -0.15) is 0 Å². The summed E-state index contributed by atoms with van der Waals surface area (Å²) in [5, 5.41) is 8.74. The zero-order valence-electron chi connectivity index (χ0n) is 18.1. The molecule has 4 aromatic rings. The van der Waals surface area contributed by atoms with Crippen molar-refractivity contribution in [3.63, 3.8) is 0 Å². The van der Waals surface area contributed by atoms with E-state index in [0.717, 1.165) is 5.69 Å². The Morgan fingerprint density at radius 1 is 1.09 bits per heavy atom. The lowest BCUT2D eigenvalue weighted by atomic mass is 10.3. The minimum atomic E-state index is -0.294. The van der Waals surface area contributed by atoms with Gasteiger partial charge in [0.1, 0.15) is 11.5 Å². The van der Waals surface area contributed by atoms with E-state index in [1.165, 1.54) is 11.3 Å². The Balaban J connectivity index is 1.40. The number of para-hydroxylation sites is 1. The second kappa shape index (κ2) is 11.4. The molecule has 0 spiro atoms. The van der Waals surface area contributed by atoms with Gasteiger partial charge in [-0.1, -0.05) is 29.8 Å². The van der Waals surface area contributed by atoms with Crippen LogP contribution in [0.5, 0.6) is 0 Å². The minimum Gasteiger partial charge on any atom is -0.467 e. The summed E-state index contributed by atoms with van der Waals surface area (Å²) in [6, 6.07) is 16.4. The number of pyridine rings is 1. The molecule has 34 heavy (non-hydrogen) atoms. The van der Waals surface area contributed by atoms with Crippen LogP contribution in [-0.4, -0.2) is 33.2 Å². The molecule has 8 nitrogen and oxygen atoms in total. The zero-order valence-corrected chi connectivity index (χ0v) is 19.7. The highest BCUT2D eigenvalue weighted by atomic mass is 35.5. The number of rotatable bonds is 10. The van der Waals surface area contributed by atoms with Gasteiger partial charge in [-0.15, -0.1) is 11.3 Å². The number of carbonyl (C=O) groups excluding carboxylic acids is 2. The standard InChI is InChI=1S/C24H22ClN5O3S/c25-19-8-1-2-9-20(19)28-24-29-21(16-34-24)23(32)30(15-18-7-5-13-33-18)12-10-22(31)27-14-17-6-3-4-11-26-17/h1-9,11,13,16H,10,12,14-15H2,(H,27,31)(H,28,29). The van der Waals surface area contributed by atoms with Crippen LogP contribution < -0.4 is 10.6 Å². The van der Waals surface area contributed by atoms with Crippen molar-refractivity contribution in [1.82, 2.24) is 20.2 Å². The van der Waals surface area contributed by atoms with E-state index in [-0.39, 0.29) is 37.0 Å². The molecule has 0 bridgehead atoms. The van der Waals surface area contributed by atoms with Crippen molar-refractivity contribution in [2.24, 2.45) is 0 Å². The third-order valence-corrected chi connectivity index (χ3v) is 5.94. The molecule has 2 amide bonds. The average molecular weight is 496 g/mol. The number of nitrogens with one attached hydrogen (secondary N) is 2. The van der Waals surface area contributed by atoms with Gasteiger partial charge >= 0.3 is 0 Å². The van der Waals surface area contributed by atoms with Gasteiger partial charge in [0.2, 0.25) is 5.91 Å². The van der Waals surface area contributed by atoms with Gasteiger partial charge in [-0.05, 0) is 36.4 Å². The lowest BCUT2D eigenvalue weighted by Crippen LogP contribution is -2.35. The normalized spacial score (nSPS) is 10.6. The predicted octanol–water partition coefficient (Wildman–Crippen LogP) is 4.88. The Morgan fingerprint density at radius 3 is 2.71 bits per heavy atom. The maximum Gasteiger partial charge on any atom is 0.273 e. The van der Waals surface area contributed by atoms with Gasteiger partial charge in [0, 0.05) is 24.5 Å². The number of amides is 2. The summed E-state index contributed by atoms with van der Waals surface area (Å²) in [7, 11) is 0. The molecule has 3 aromatic heterocycles. The summed E-state index contributed by atoms with van der Waals surface area (Å²) in [5.41, 5.74) is 1.75. The highest BCUT2D eigenvalue weighted by Crippen LogP contribution is 2.27. The van der Waals surface area contributed by atoms with Gasteiger partial charge in [0.05, 0.1) is 35.8 Å². The maximum atomic E-state index is 13.2. The van der Waals surface area contributed by atoms with Gasteiger partial charge in [0.25, 0.3) is 5.91 Å². The van der Waals surface area contributed by atoms with Gasteiger partial charge in [-0.3, -0.25) is 14.6 Å². The summed E-state index contributed by atoms with van der Waals surface area (Å²) >= 11 is 7.49. The lowest BCUT2D eigenvalue weighted by molar-refractivity contribution is -0.121. The molecule has 0 fully saturated rings. The number of halogens is 1. The second-order valence-corrected chi connectivity index (χ2v) is 8.56. The summed E-state index contributed by atoms with van der Waals surface area (Å²) in [6.45, 7) is 0.761. The van der Waals surface area contributed by atoms with E-state index in [0.29, 0.717) is 28.1 Å². The van der Waals surface area contributed by atoms with E-state index in [1.807, 2.05) is 36.4 Å². The number of carbonyl (C=O) groups is 2. The highest BCUT2D eigenvalue weighted by molar-refractivity contribution is 7.14. The van der Waals surface area contributed by atoms with Crippen LogP contribution in [0.15, 0.2) is 76.9 Å². The Hall–Kier alpha value is -3.69. The minimum absolute atomic E-state index is 0.133. The molecule has 0 atom stereocenters. The molecule has 2 N–H and O–H groups in total. The highest BCUT2D eigenvalue weighted by Gasteiger charge is 2.21. The molecule has 0 saturated heterocycles. The van der Waals surface area contributed by atoms with E-state index in [9.17, 15) is 9.59 Å². The molecule has 4 rings (SSSR count). The first kappa shape index (κ1) is 23.5. The summed E-state index contributed by atoms with van der Waals surface area (Å²) in [5.74, 6) is 0.145. The number of nitrogens with zero attached hydrogens (tertiary/aromatic N) is 3. The van der Waals surface area contributed by atoms with E-state index in [4.69, 9.17) is 16.0 Å². The van der Waals surface area contributed by atoms with Gasteiger partial charge < -0.3 is 20.0 Å². The Morgan fingerprint density at radius 2 is 1.94 bits per heavy atom. The first-order valence-electron chi connectivity index (χ1n) is 10.5. The molecule has 0 saturated carbocycles. The van der Waals surface area contributed by atoms with Crippen LogP contribution >= 0.6 is 22.9 Å². The number of aromatic nitrogens is 2. The van der Waals surface area contributed by atoms with Crippen LogP contribution in [0.25, 0.3) is 0 Å². The van der Waals surface area contributed by atoms with E-state index >= 15 is 0 Å². The number of benzene rings is 1. The van der Waals surface area contributed by atoms with Gasteiger partial charge in [0.15, 0.2) is 5.13 Å². The van der Waals surface area contributed by atoms with E-state index in [1.54, 1.807) is 40.9 Å². The molecular formula is C24H22ClN5O3S. The third kappa shape index (κ3) is 6.43. The van der Waals surface area contributed by atoms with Crippen LogP contribution in [-0.2, 0) is 17.9 Å². The van der Waals surface area contributed by atoms with Crippen molar-refractivity contribution in [1.29, 1.82) is 0 Å². The van der Waals surface area contributed by atoms with Crippen molar-refractivity contribution in [3.8, 4) is 0 Å². The Labute approximate surface area is 205 Å². The fraction of sp³-hybridized carbons (Fsp3) is 0.167. The molecule has 0 radical (unpaired) electrons. The van der Waals surface area contributed by atoms with Crippen molar-refractivity contribution < 1.29 is 14.0 Å². The lowest BCUT2D eigenvalue weighted by Gasteiger charge is -2.20. The summed E-state index contributed by atoms with van der Waals surface area (Å²) < 4.78 is 5.41. The number of thiazole rings is 1. The smallest absolute Gasteiger partial charge is 0.273 e. The molecule has 0 aliphatic heterocycles.